The van der Waals surface area contributed by atoms with E-state index in [1.165, 1.54) is 32.2 Å². The Kier molecular flexibility index (Phi) is 3.28. The number of hydrogen-bond donors (Lipinski definition) is 3. The number of amides is 2. The summed E-state index contributed by atoms with van der Waals surface area (Å²) in [5, 5.41) is 14.2. The first-order valence-electron chi connectivity index (χ1n) is 4.36. The lowest BCUT2D eigenvalue weighted by Gasteiger charge is -2.06. The van der Waals surface area contributed by atoms with E-state index in [4.69, 9.17) is 0 Å². The summed E-state index contributed by atoms with van der Waals surface area (Å²) < 4.78 is 0. The zero-order chi connectivity index (χ0) is 11.4. The van der Waals surface area contributed by atoms with Crippen molar-refractivity contribution in [1.29, 1.82) is 0 Å². The number of phenols is 1. The van der Waals surface area contributed by atoms with Crippen LogP contribution in [0.4, 0.5) is 5.69 Å². The van der Waals surface area contributed by atoms with E-state index in [9.17, 15) is 14.7 Å². The molecule has 0 aliphatic rings. The monoisotopic (exact) mass is 208 g/mol. The van der Waals surface area contributed by atoms with Gasteiger partial charge in [-0.05, 0) is 12.1 Å². The zero-order valence-electron chi connectivity index (χ0n) is 8.50. The molecule has 2 amide bonds. The molecule has 80 valence electrons. The van der Waals surface area contributed by atoms with Gasteiger partial charge in [0.1, 0.15) is 5.75 Å². The molecule has 1 rings (SSSR count). The molecule has 0 atom stereocenters. The molecule has 0 aliphatic heterocycles. The van der Waals surface area contributed by atoms with Crippen LogP contribution in [0, 0.1) is 0 Å². The van der Waals surface area contributed by atoms with Gasteiger partial charge in [-0.2, -0.15) is 0 Å². The van der Waals surface area contributed by atoms with E-state index in [1.54, 1.807) is 0 Å². The molecule has 1 aromatic rings. The lowest BCUT2D eigenvalue weighted by molar-refractivity contribution is -0.114. The number of phenolic OH excluding ortho intramolecular Hbond substituents is 1. The van der Waals surface area contributed by atoms with Crippen LogP contribution in [0.3, 0.4) is 0 Å². The first kappa shape index (κ1) is 11.0. The minimum atomic E-state index is -0.322. The van der Waals surface area contributed by atoms with Crippen LogP contribution in [-0.2, 0) is 4.79 Å². The number of carbonyl (C=O) groups excluding carboxylic acids is 2. The number of anilines is 1. The van der Waals surface area contributed by atoms with Gasteiger partial charge in [0.15, 0.2) is 0 Å². The molecule has 0 fully saturated rings. The van der Waals surface area contributed by atoms with E-state index in [0.29, 0.717) is 11.3 Å². The van der Waals surface area contributed by atoms with E-state index >= 15 is 0 Å². The molecule has 5 nitrogen and oxygen atoms in total. The number of hydrogen-bond acceptors (Lipinski definition) is 3. The van der Waals surface area contributed by atoms with Gasteiger partial charge < -0.3 is 15.7 Å². The Balaban J connectivity index is 3.04. The lowest BCUT2D eigenvalue weighted by Crippen LogP contribution is -2.18. The SMILES string of the molecule is CNC(=O)c1cc(O)cc(NC(C)=O)c1. The number of benzene rings is 1. The van der Waals surface area contributed by atoms with Crippen molar-refractivity contribution in [3.63, 3.8) is 0 Å². The van der Waals surface area contributed by atoms with Gasteiger partial charge >= 0.3 is 0 Å². The quantitative estimate of drug-likeness (QED) is 0.669. The molecule has 3 N–H and O–H groups in total. The third-order valence-corrected chi connectivity index (χ3v) is 1.73. The van der Waals surface area contributed by atoms with Crippen molar-refractivity contribution in [2.24, 2.45) is 0 Å². The first-order valence-corrected chi connectivity index (χ1v) is 4.36. The smallest absolute Gasteiger partial charge is 0.251 e. The standard InChI is InChI=1S/C10H12N2O3/c1-6(13)12-8-3-7(10(15)11-2)4-9(14)5-8/h3-5,14H,1-2H3,(H,11,15)(H,12,13). The maximum absolute atomic E-state index is 11.3. The molecule has 0 bridgehead atoms. The molecule has 0 unspecified atom stereocenters. The van der Waals surface area contributed by atoms with Crippen molar-refractivity contribution >= 4 is 17.5 Å². The van der Waals surface area contributed by atoms with E-state index in [0.717, 1.165) is 0 Å². The van der Waals surface area contributed by atoms with Crippen molar-refractivity contribution < 1.29 is 14.7 Å². The third kappa shape index (κ3) is 2.98. The van der Waals surface area contributed by atoms with Crippen LogP contribution in [0.2, 0.25) is 0 Å². The Labute approximate surface area is 87.1 Å². The Hall–Kier alpha value is -2.04. The van der Waals surface area contributed by atoms with Crippen LogP contribution in [0.5, 0.6) is 5.75 Å². The van der Waals surface area contributed by atoms with Gasteiger partial charge in [-0.1, -0.05) is 0 Å². The normalized spacial score (nSPS) is 9.47. The van der Waals surface area contributed by atoms with Crippen LogP contribution in [0.25, 0.3) is 0 Å². The molecular weight excluding hydrogens is 196 g/mol. The first-order chi connectivity index (χ1) is 7.02. The van der Waals surface area contributed by atoms with Gasteiger partial charge in [0.2, 0.25) is 5.91 Å². The van der Waals surface area contributed by atoms with Gasteiger partial charge in [-0.3, -0.25) is 9.59 Å². The largest absolute Gasteiger partial charge is 0.508 e. The Morgan fingerprint density at radius 1 is 1.27 bits per heavy atom. The van der Waals surface area contributed by atoms with E-state index in [-0.39, 0.29) is 17.6 Å². The topological polar surface area (TPSA) is 78.4 Å². The van der Waals surface area contributed by atoms with Crippen LogP contribution in [0.15, 0.2) is 18.2 Å². The molecule has 1 aromatic carbocycles. The van der Waals surface area contributed by atoms with Crippen LogP contribution >= 0.6 is 0 Å². The second-order valence-electron chi connectivity index (χ2n) is 3.03. The fourth-order valence-corrected chi connectivity index (χ4v) is 1.16. The molecular formula is C10H12N2O3. The summed E-state index contributed by atoms with van der Waals surface area (Å²) in [5.41, 5.74) is 0.683. The third-order valence-electron chi connectivity index (χ3n) is 1.73. The van der Waals surface area contributed by atoms with Crippen molar-refractivity contribution in [2.45, 2.75) is 6.92 Å². The van der Waals surface area contributed by atoms with E-state index in [2.05, 4.69) is 10.6 Å². The highest BCUT2D eigenvalue weighted by molar-refractivity contribution is 5.97. The molecule has 0 aliphatic carbocycles. The van der Waals surface area contributed by atoms with E-state index < -0.39 is 0 Å². The van der Waals surface area contributed by atoms with Crippen LogP contribution < -0.4 is 10.6 Å². The summed E-state index contributed by atoms with van der Waals surface area (Å²) in [7, 11) is 1.49. The maximum atomic E-state index is 11.3. The molecule has 0 aromatic heterocycles. The molecule has 0 heterocycles. The fraction of sp³-hybridized carbons (Fsp3) is 0.200. The fourth-order valence-electron chi connectivity index (χ4n) is 1.16. The highest BCUT2D eigenvalue weighted by Crippen LogP contribution is 2.19. The Morgan fingerprint density at radius 2 is 1.93 bits per heavy atom. The minimum absolute atomic E-state index is 0.0696. The van der Waals surface area contributed by atoms with Gasteiger partial charge in [-0.25, -0.2) is 0 Å². The molecule has 0 spiro atoms. The number of nitrogens with one attached hydrogen (secondary N) is 2. The molecule has 0 saturated carbocycles. The number of carbonyl (C=O) groups is 2. The van der Waals surface area contributed by atoms with Crippen molar-refractivity contribution in [2.75, 3.05) is 12.4 Å². The molecule has 15 heavy (non-hydrogen) atoms. The van der Waals surface area contributed by atoms with Gasteiger partial charge in [0.05, 0.1) is 0 Å². The average molecular weight is 208 g/mol. The van der Waals surface area contributed by atoms with Gasteiger partial charge in [0, 0.05) is 31.3 Å². The summed E-state index contributed by atoms with van der Waals surface area (Å²) >= 11 is 0. The van der Waals surface area contributed by atoms with Gasteiger partial charge in [-0.15, -0.1) is 0 Å². The predicted molar refractivity (Wildman–Crippen MR) is 55.8 cm³/mol. The maximum Gasteiger partial charge on any atom is 0.251 e. The van der Waals surface area contributed by atoms with Crippen molar-refractivity contribution in [3.05, 3.63) is 23.8 Å². The highest BCUT2D eigenvalue weighted by Gasteiger charge is 2.07. The average Bonchev–Trinajstić information content (AvgIpc) is 2.14. The highest BCUT2D eigenvalue weighted by atomic mass is 16.3. The Morgan fingerprint density at radius 3 is 2.47 bits per heavy atom. The summed E-state index contributed by atoms with van der Waals surface area (Å²) in [4.78, 5) is 22.1. The summed E-state index contributed by atoms with van der Waals surface area (Å²) in [5.74, 6) is -0.652. The number of rotatable bonds is 2. The van der Waals surface area contributed by atoms with Gasteiger partial charge in [0.25, 0.3) is 5.91 Å². The van der Waals surface area contributed by atoms with Crippen LogP contribution in [0.1, 0.15) is 17.3 Å². The predicted octanol–water partition coefficient (Wildman–Crippen LogP) is 0.710. The van der Waals surface area contributed by atoms with Crippen molar-refractivity contribution in [1.82, 2.24) is 5.32 Å². The lowest BCUT2D eigenvalue weighted by atomic mass is 10.1. The second kappa shape index (κ2) is 4.45. The molecule has 5 heteroatoms. The van der Waals surface area contributed by atoms with Crippen molar-refractivity contribution in [3.8, 4) is 5.75 Å². The molecule has 0 saturated heterocycles. The summed E-state index contributed by atoms with van der Waals surface area (Å²) in [6, 6.07) is 4.18. The minimum Gasteiger partial charge on any atom is -0.508 e. The van der Waals surface area contributed by atoms with E-state index in [1.807, 2.05) is 0 Å². The summed E-state index contributed by atoms with van der Waals surface area (Å²) in [6.07, 6.45) is 0. The Bertz CT molecular complexity index is 402. The summed E-state index contributed by atoms with van der Waals surface area (Å²) in [6.45, 7) is 1.35. The zero-order valence-corrected chi connectivity index (χ0v) is 8.50. The van der Waals surface area contributed by atoms with Crippen LogP contribution in [-0.4, -0.2) is 24.0 Å². The number of aromatic hydroxyl groups is 1. The molecule has 0 radical (unpaired) electrons. The second-order valence-corrected chi connectivity index (χ2v) is 3.03.